The molecule has 2 saturated heterocycles. The first kappa shape index (κ1) is 16.5. The molecule has 2 heterocycles. The Bertz CT molecular complexity index is 319. The van der Waals surface area contributed by atoms with Gasteiger partial charge in [0, 0.05) is 59.0 Å². The Morgan fingerprint density at radius 1 is 1.19 bits per heavy atom. The number of likely N-dealkylation sites (N-methyl/N-ethyl adjacent to an activating group) is 1. The Kier molecular flexibility index (Phi) is 6.73. The first-order chi connectivity index (χ1) is 10.2. The van der Waals surface area contributed by atoms with Crippen LogP contribution in [0, 0.1) is 0 Å². The Hall–Kier alpha value is -0.850. The van der Waals surface area contributed by atoms with Crippen LogP contribution in [0.25, 0.3) is 0 Å². The predicted molar refractivity (Wildman–Crippen MR) is 83.6 cm³/mol. The molecule has 0 aliphatic carbocycles. The molecule has 0 radical (unpaired) electrons. The SMILES string of the molecule is COCCNC(=O)N1CCCC[C@@H](N2CCN(C)CC2)C1. The van der Waals surface area contributed by atoms with Crippen LogP contribution in [0.4, 0.5) is 4.79 Å². The van der Waals surface area contributed by atoms with E-state index in [9.17, 15) is 4.79 Å². The largest absolute Gasteiger partial charge is 0.383 e. The number of nitrogens with one attached hydrogen (secondary N) is 1. The minimum atomic E-state index is 0.0630. The Labute approximate surface area is 128 Å². The third-order valence-electron chi connectivity index (χ3n) is 4.57. The van der Waals surface area contributed by atoms with Crippen molar-refractivity contribution in [3.8, 4) is 0 Å². The summed E-state index contributed by atoms with van der Waals surface area (Å²) in [6.45, 7) is 7.42. The standard InChI is InChI=1S/C15H30N4O2/c1-17-8-10-18(11-9-17)14-5-3-4-7-19(13-14)15(20)16-6-12-21-2/h14H,3-13H2,1-2H3,(H,16,20)/t14-/m1/s1. The number of likely N-dealkylation sites (tertiary alicyclic amines) is 1. The number of urea groups is 1. The van der Waals surface area contributed by atoms with Crippen LogP contribution in [0.15, 0.2) is 0 Å². The molecule has 0 unspecified atom stereocenters. The van der Waals surface area contributed by atoms with Crippen molar-refractivity contribution in [1.82, 2.24) is 20.0 Å². The van der Waals surface area contributed by atoms with Crippen molar-refractivity contribution in [3.63, 3.8) is 0 Å². The summed E-state index contributed by atoms with van der Waals surface area (Å²) in [6.07, 6.45) is 3.55. The van der Waals surface area contributed by atoms with Crippen LogP contribution in [0.2, 0.25) is 0 Å². The lowest BCUT2D eigenvalue weighted by molar-refractivity contribution is 0.0930. The molecule has 2 rings (SSSR count). The average molecular weight is 298 g/mol. The summed E-state index contributed by atoms with van der Waals surface area (Å²) in [6, 6.07) is 0.586. The number of rotatable bonds is 4. The van der Waals surface area contributed by atoms with E-state index in [4.69, 9.17) is 4.74 Å². The molecule has 122 valence electrons. The normalized spacial score (nSPS) is 25.6. The van der Waals surface area contributed by atoms with Gasteiger partial charge in [-0.1, -0.05) is 6.42 Å². The molecule has 0 spiro atoms. The van der Waals surface area contributed by atoms with Crippen LogP contribution in [0.1, 0.15) is 19.3 Å². The van der Waals surface area contributed by atoms with E-state index >= 15 is 0 Å². The topological polar surface area (TPSA) is 48.1 Å². The summed E-state index contributed by atoms with van der Waals surface area (Å²) in [5, 5.41) is 2.95. The third kappa shape index (κ3) is 5.13. The third-order valence-corrected chi connectivity index (χ3v) is 4.57. The van der Waals surface area contributed by atoms with Gasteiger partial charge in [0.15, 0.2) is 0 Å². The number of nitrogens with zero attached hydrogens (tertiary/aromatic N) is 3. The molecular formula is C15H30N4O2. The van der Waals surface area contributed by atoms with Crippen LogP contribution < -0.4 is 5.32 Å². The van der Waals surface area contributed by atoms with E-state index in [1.165, 1.54) is 12.8 Å². The molecule has 2 aliphatic rings. The van der Waals surface area contributed by atoms with E-state index in [1.807, 2.05) is 4.90 Å². The molecule has 0 saturated carbocycles. The van der Waals surface area contributed by atoms with Crippen molar-refractivity contribution in [3.05, 3.63) is 0 Å². The van der Waals surface area contributed by atoms with Crippen molar-refractivity contribution in [2.75, 3.05) is 66.6 Å². The molecule has 0 bridgehead atoms. The van der Waals surface area contributed by atoms with Gasteiger partial charge in [-0.15, -0.1) is 0 Å². The highest BCUT2D eigenvalue weighted by molar-refractivity contribution is 5.74. The fourth-order valence-electron chi connectivity index (χ4n) is 3.16. The molecule has 0 aromatic carbocycles. The number of ether oxygens (including phenoxy) is 1. The van der Waals surface area contributed by atoms with Crippen molar-refractivity contribution in [2.24, 2.45) is 0 Å². The summed E-state index contributed by atoms with van der Waals surface area (Å²) >= 11 is 0. The number of hydrogen-bond donors (Lipinski definition) is 1. The van der Waals surface area contributed by atoms with Gasteiger partial charge in [0.05, 0.1) is 6.61 Å². The summed E-state index contributed by atoms with van der Waals surface area (Å²) in [5.74, 6) is 0. The monoisotopic (exact) mass is 298 g/mol. The van der Waals surface area contributed by atoms with Crippen molar-refractivity contribution in [1.29, 1.82) is 0 Å². The van der Waals surface area contributed by atoms with Gasteiger partial charge >= 0.3 is 6.03 Å². The van der Waals surface area contributed by atoms with Crippen molar-refractivity contribution < 1.29 is 9.53 Å². The Morgan fingerprint density at radius 2 is 1.95 bits per heavy atom. The quantitative estimate of drug-likeness (QED) is 0.765. The first-order valence-corrected chi connectivity index (χ1v) is 8.15. The maximum absolute atomic E-state index is 12.2. The highest BCUT2D eigenvalue weighted by Gasteiger charge is 2.27. The van der Waals surface area contributed by atoms with E-state index in [-0.39, 0.29) is 6.03 Å². The number of amides is 2. The van der Waals surface area contributed by atoms with Crippen LogP contribution in [0.5, 0.6) is 0 Å². The second kappa shape index (κ2) is 8.56. The minimum Gasteiger partial charge on any atom is -0.383 e. The van der Waals surface area contributed by atoms with Crippen LogP contribution in [-0.2, 0) is 4.74 Å². The zero-order valence-electron chi connectivity index (χ0n) is 13.5. The highest BCUT2D eigenvalue weighted by atomic mass is 16.5. The number of carbonyl (C=O) groups excluding carboxylic acids is 1. The molecule has 6 nitrogen and oxygen atoms in total. The second-order valence-corrected chi connectivity index (χ2v) is 6.16. The van der Waals surface area contributed by atoms with Crippen LogP contribution in [-0.4, -0.2) is 93.4 Å². The fraction of sp³-hybridized carbons (Fsp3) is 0.933. The summed E-state index contributed by atoms with van der Waals surface area (Å²) in [5.41, 5.74) is 0. The van der Waals surface area contributed by atoms with E-state index in [1.54, 1.807) is 7.11 Å². The van der Waals surface area contributed by atoms with Crippen molar-refractivity contribution >= 4 is 6.03 Å². The lowest BCUT2D eigenvalue weighted by Gasteiger charge is -2.39. The predicted octanol–water partition coefficient (Wildman–Crippen LogP) is 0.444. The van der Waals surface area contributed by atoms with Gasteiger partial charge in [-0.25, -0.2) is 4.79 Å². The zero-order chi connectivity index (χ0) is 15.1. The molecule has 6 heteroatoms. The van der Waals surface area contributed by atoms with Gasteiger partial charge in [-0.05, 0) is 19.9 Å². The summed E-state index contributed by atoms with van der Waals surface area (Å²) in [7, 11) is 3.83. The molecule has 1 N–H and O–H groups in total. The molecule has 2 amide bonds. The second-order valence-electron chi connectivity index (χ2n) is 6.16. The van der Waals surface area contributed by atoms with Gasteiger partial charge in [-0.3, -0.25) is 4.90 Å². The van der Waals surface area contributed by atoms with Crippen molar-refractivity contribution in [2.45, 2.75) is 25.3 Å². The Balaban J connectivity index is 1.84. The van der Waals surface area contributed by atoms with Crippen LogP contribution >= 0.6 is 0 Å². The maximum atomic E-state index is 12.2. The molecule has 0 aromatic rings. The van der Waals surface area contributed by atoms with Crippen LogP contribution in [0.3, 0.4) is 0 Å². The molecule has 0 aromatic heterocycles. The van der Waals surface area contributed by atoms with E-state index in [2.05, 4.69) is 22.2 Å². The fourth-order valence-corrected chi connectivity index (χ4v) is 3.16. The number of methoxy groups -OCH3 is 1. The van der Waals surface area contributed by atoms with Gasteiger partial charge < -0.3 is 19.9 Å². The zero-order valence-corrected chi connectivity index (χ0v) is 13.5. The molecule has 2 fully saturated rings. The summed E-state index contributed by atoms with van der Waals surface area (Å²) in [4.78, 5) is 19.2. The number of carbonyl (C=O) groups is 1. The number of hydrogen-bond acceptors (Lipinski definition) is 4. The molecule has 1 atom stereocenters. The maximum Gasteiger partial charge on any atom is 0.317 e. The molecule has 2 aliphatic heterocycles. The smallest absolute Gasteiger partial charge is 0.317 e. The average Bonchev–Trinajstić information content (AvgIpc) is 2.74. The van der Waals surface area contributed by atoms with E-state index in [0.29, 0.717) is 19.2 Å². The number of piperazine rings is 1. The lowest BCUT2D eigenvalue weighted by Crippen LogP contribution is -2.53. The van der Waals surface area contributed by atoms with Gasteiger partial charge in [0.2, 0.25) is 0 Å². The Morgan fingerprint density at radius 3 is 2.67 bits per heavy atom. The first-order valence-electron chi connectivity index (χ1n) is 8.15. The summed E-state index contributed by atoms with van der Waals surface area (Å²) < 4.78 is 4.98. The minimum absolute atomic E-state index is 0.0630. The van der Waals surface area contributed by atoms with Gasteiger partial charge in [-0.2, -0.15) is 0 Å². The lowest BCUT2D eigenvalue weighted by atomic mass is 10.1. The molecular weight excluding hydrogens is 268 g/mol. The van der Waals surface area contributed by atoms with Gasteiger partial charge in [0.1, 0.15) is 0 Å². The highest BCUT2D eigenvalue weighted by Crippen LogP contribution is 2.17. The van der Waals surface area contributed by atoms with E-state index in [0.717, 1.165) is 45.7 Å². The van der Waals surface area contributed by atoms with Gasteiger partial charge in [0.25, 0.3) is 0 Å². The van der Waals surface area contributed by atoms with E-state index < -0.39 is 0 Å². The molecule has 21 heavy (non-hydrogen) atoms.